The third-order valence-electron chi connectivity index (χ3n) is 2.12. The SMILES string of the molecule is CC=NCCC(CC)CCC. The minimum atomic E-state index is 0.906. The molecule has 1 heteroatoms. The molecule has 1 atom stereocenters. The maximum Gasteiger partial charge on any atom is 0.0387 e. The molecule has 0 heterocycles. The molecular weight excluding hydrogens is 134 g/mol. The maximum absolute atomic E-state index is 4.22. The summed E-state index contributed by atoms with van der Waals surface area (Å²) in [7, 11) is 0. The molecule has 0 aromatic rings. The zero-order chi connectivity index (χ0) is 8.53. The normalized spacial score (nSPS) is 14.1. The Morgan fingerprint density at radius 1 is 1.27 bits per heavy atom. The third kappa shape index (κ3) is 6.08. The topological polar surface area (TPSA) is 12.4 Å². The Morgan fingerprint density at radius 2 is 2.00 bits per heavy atom. The van der Waals surface area contributed by atoms with Crippen LogP contribution in [-0.4, -0.2) is 12.8 Å². The Balaban J connectivity index is 3.35. The number of rotatable bonds is 6. The Morgan fingerprint density at radius 3 is 2.45 bits per heavy atom. The summed E-state index contributed by atoms with van der Waals surface area (Å²) in [5.41, 5.74) is 0. The van der Waals surface area contributed by atoms with Gasteiger partial charge in [0.15, 0.2) is 0 Å². The van der Waals surface area contributed by atoms with Crippen LogP contribution in [0.3, 0.4) is 0 Å². The van der Waals surface area contributed by atoms with E-state index in [-0.39, 0.29) is 0 Å². The molecule has 0 amide bonds. The molecule has 11 heavy (non-hydrogen) atoms. The Kier molecular flexibility index (Phi) is 7.54. The molecule has 0 bridgehead atoms. The average Bonchev–Trinajstić information content (AvgIpc) is 2.03. The van der Waals surface area contributed by atoms with Gasteiger partial charge in [0.1, 0.15) is 0 Å². The highest BCUT2D eigenvalue weighted by Crippen LogP contribution is 2.14. The molecule has 0 spiro atoms. The van der Waals surface area contributed by atoms with Crippen LogP contribution < -0.4 is 0 Å². The first-order valence-electron chi connectivity index (χ1n) is 4.79. The van der Waals surface area contributed by atoms with Crippen molar-refractivity contribution >= 4 is 6.21 Å². The average molecular weight is 155 g/mol. The van der Waals surface area contributed by atoms with Gasteiger partial charge in [-0.1, -0.05) is 33.1 Å². The van der Waals surface area contributed by atoms with E-state index < -0.39 is 0 Å². The number of hydrogen-bond acceptors (Lipinski definition) is 1. The summed E-state index contributed by atoms with van der Waals surface area (Å²) < 4.78 is 0. The van der Waals surface area contributed by atoms with Gasteiger partial charge in [0.25, 0.3) is 0 Å². The van der Waals surface area contributed by atoms with Crippen molar-refractivity contribution < 1.29 is 0 Å². The van der Waals surface area contributed by atoms with Gasteiger partial charge in [-0.15, -0.1) is 0 Å². The van der Waals surface area contributed by atoms with Crippen molar-refractivity contribution in [2.24, 2.45) is 10.9 Å². The minimum absolute atomic E-state index is 0.906. The Labute approximate surface area is 70.9 Å². The predicted molar refractivity (Wildman–Crippen MR) is 52.3 cm³/mol. The first kappa shape index (κ1) is 10.7. The maximum atomic E-state index is 4.22. The predicted octanol–water partition coefficient (Wildman–Crippen LogP) is 3.29. The highest BCUT2D eigenvalue weighted by atomic mass is 14.7. The van der Waals surface area contributed by atoms with Crippen LogP contribution >= 0.6 is 0 Å². The highest BCUT2D eigenvalue weighted by molar-refractivity contribution is 5.53. The van der Waals surface area contributed by atoms with Gasteiger partial charge in [-0.2, -0.15) is 0 Å². The fraction of sp³-hybridized carbons (Fsp3) is 0.900. The molecule has 0 aliphatic carbocycles. The number of nitrogens with zero attached hydrogens (tertiary/aromatic N) is 1. The summed E-state index contributed by atoms with van der Waals surface area (Å²) in [6.07, 6.45) is 7.17. The van der Waals surface area contributed by atoms with Crippen molar-refractivity contribution in [2.45, 2.75) is 46.5 Å². The van der Waals surface area contributed by atoms with E-state index in [0.29, 0.717) is 0 Å². The van der Waals surface area contributed by atoms with Gasteiger partial charge < -0.3 is 0 Å². The van der Waals surface area contributed by atoms with Gasteiger partial charge in [0, 0.05) is 6.54 Å². The Bertz CT molecular complexity index is 97.0. The second-order valence-corrected chi connectivity index (χ2v) is 3.02. The summed E-state index contributed by atoms with van der Waals surface area (Å²) in [5, 5.41) is 0. The molecule has 0 aromatic carbocycles. The van der Waals surface area contributed by atoms with Crippen molar-refractivity contribution in [3.8, 4) is 0 Å². The summed E-state index contributed by atoms with van der Waals surface area (Å²) in [6.45, 7) is 7.54. The van der Waals surface area contributed by atoms with Crippen LogP contribution in [0.15, 0.2) is 4.99 Å². The molecule has 0 saturated carbocycles. The van der Waals surface area contributed by atoms with E-state index in [1.54, 1.807) is 0 Å². The van der Waals surface area contributed by atoms with Crippen LogP contribution in [-0.2, 0) is 0 Å². The van der Waals surface area contributed by atoms with Crippen molar-refractivity contribution in [1.29, 1.82) is 0 Å². The lowest BCUT2D eigenvalue weighted by atomic mass is 9.97. The van der Waals surface area contributed by atoms with E-state index in [0.717, 1.165) is 12.5 Å². The van der Waals surface area contributed by atoms with Gasteiger partial charge in [0.05, 0.1) is 0 Å². The lowest BCUT2D eigenvalue weighted by Gasteiger charge is -2.10. The summed E-state index contributed by atoms with van der Waals surface area (Å²) in [5.74, 6) is 0.906. The third-order valence-corrected chi connectivity index (χ3v) is 2.12. The van der Waals surface area contributed by atoms with Crippen LogP contribution in [0.2, 0.25) is 0 Å². The zero-order valence-electron chi connectivity index (χ0n) is 8.14. The van der Waals surface area contributed by atoms with Crippen LogP contribution in [0.5, 0.6) is 0 Å². The minimum Gasteiger partial charge on any atom is -0.298 e. The Hall–Kier alpha value is -0.330. The molecular formula is C10H21N. The van der Waals surface area contributed by atoms with Crippen LogP contribution in [0.25, 0.3) is 0 Å². The largest absolute Gasteiger partial charge is 0.298 e. The molecule has 0 aromatic heterocycles. The highest BCUT2D eigenvalue weighted by Gasteiger charge is 2.02. The molecule has 1 nitrogen and oxygen atoms in total. The molecule has 0 aliphatic heterocycles. The lowest BCUT2D eigenvalue weighted by Crippen LogP contribution is -2.00. The quantitative estimate of drug-likeness (QED) is 0.522. The van der Waals surface area contributed by atoms with Gasteiger partial charge >= 0.3 is 0 Å². The van der Waals surface area contributed by atoms with Crippen LogP contribution in [0, 0.1) is 5.92 Å². The fourth-order valence-electron chi connectivity index (χ4n) is 1.35. The first-order chi connectivity index (χ1) is 5.35. The molecule has 0 N–H and O–H groups in total. The van der Waals surface area contributed by atoms with E-state index in [9.17, 15) is 0 Å². The molecule has 66 valence electrons. The second kappa shape index (κ2) is 7.77. The van der Waals surface area contributed by atoms with E-state index in [1.165, 1.54) is 25.7 Å². The molecule has 0 fully saturated rings. The van der Waals surface area contributed by atoms with Gasteiger partial charge in [0.2, 0.25) is 0 Å². The van der Waals surface area contributed by atoms with Crippen molar-refractivity contribution in [3.63, 3.8) is 0 Å². The smallest absolute Gasteiger partial charge is 0.0387 e. The molecule has 0 rings (SSSR count). The zero-order valence-corrected chi connectivity index (χ0v) is 8.14. The second-order valence-electron chi connectivity index (χ2n) is 3.02. The fourth-order valence-corrected chi connectivity index (χ4v) is 1.35. The molecule has 0 radical (unpaired) electrons. The van der Waals surface area contributed by atoms with E-state index >= 15 is 0 Å². The van der Waals surface area contributed by atoms with Crippen LogP contribution in [0.4, 0.5) is 0 Å². The van der Waals surface area contributed by atoms with Gasteiger partial charge in [-0.05, 0) is 25.5 Å². The van der Waals surface area contributed by atoms with Crippen molar-refractivity contribution in [1.82, 2.24) is 0 Å². The lowest BCUT2D eigenvalue weighted by molar-refractivity contribution is 0.439. The monoisotopic (exact) mass is 155 g/mol. The molecule has 1 unspecified atom stereocenters. The van der Waals surface area contributed by atoms with Crippen molar-refractivity contribution in [2.75, 3.05) is 6.54 Å². The summed E-state index contributed by atoms with van der Waals surface area (Å²) in [6, 6.07) is 0. The van der Waals surface area contributed by atoms with Crippen molar-refractivity contribution in [3.05, 3.63) is 0 Å². The number of hydrogen-bond donors (Lipinski definition) is 0. The van der Waals surface area contributed by atoms with E-state index in [2.05, 4.69) is 18.8 Å². The van der Waals surface area contributed by atoms with E-state index in [4.69, 9.17) is 0 Å². The first-order valence-corrected chi connectivity index (χ1v) is 4.79. The van der Waals surface area contributed by atoms with Crippen LogP contribution in [0.1, 0.15) is 46.5 Å². The summed E-state index contributed by atoms with van der Waals surface area (Å²) >= 11 is 0. The summed E-state index contributed by atoms with van der Waals surface area (Å²) in [4.78, 5) is 4.22. The molecule has 0 saturated heterocycles. The standard InChI is InChI=1S/C10H21N/c1-4-7-10(5-2)8-9-11-6-3/h6,10H,4-5,7-9H2,1-3H3. The number of aliphatic imine (C=N–C) groups is 1. The van der Waals surface area contributed by atoms with E-state index in [1.807, 2.05) is 13.1 Å². The molecule has 0 aliphatic rings. The van der Waals surface area contributed by atoms with Gasteiger partial charge in [-0.25, -0.2) is 0 Å². The van der Waals surface area contributed by atoms with Gasteiger partial charge in [-0.3, -0.25) is 4.99 Å².